The lowest BCUT2D eigenvalue weighted by atomic mass is 10.1. The van der Waals surface area contributed by atoms with Crippen LogP contribution in [0.1, 0.15) is 27.9 Å². The summed E-state index contributed by atoms with van der Waals surface area (Å²) in [6.45, 7) is 7.52. The Bertz CT molecular complexity index is 1490. The molecule has 8 nitrogen and oxygen atoms in total. The molecule has 4 rings (SSSR count). The second-order valence-corrected chi connectivity index (χ2v) is 13.5. The number of piperazine rings is 1. The maximum Gasteiger partial charge on any atom is 0.255 e. The topological polar surface area (TPSA) is 85.0 Å². The molecule has 1 heterocycles. The van der Waals surface area contributed by atoms with E-state index in [2.05, 4.69) is 38.8 Å². The van der Waals surface area contributed by atoms with E-state index in [9.17, 15) is 13.2 Å². The highest BCUT2D eigenvalue weighted by Crippen LogP contribution is 2.31. The molecule has 0 atom stereocenters. The van der Waals surface area contributed by atoms with E-state index in [1.165, 1.54) is 6.07 Å². The molecule has 1 amide bonds. The Balaban J connectivity index is 1.51. The van der Waals surface area contributed by atoms with Crippen LogP contribution < -0.4 is 14.9 Å². The highest BCUT2D eigenvalue weighted by molar-refractivity contribution is 7.89. The second-order valence-electron chi connectivity index (χ2n) is 10.9. The first kappa shape index (κ1) is 32.3. The number of sulfonamides is 1. The van der Waals surface area contributed by atoms with Gasteiger partial charge in [0, 0.05) is 48.3 Å². The van der Waals surface area contributed by atoms with Crippen molar-refractivity contribution in [3.05, 3.63) is 87.4 Å². The molecule has 11 heteroatoms. The van der Waals surface area contributed by atoms with E-state index in [0.717, 1.165) is 62.5 Å². The normalized spacial score (nSPS) is 14.4. The van der Waals surface area contributed by atoms with Gasteiger partial charge in [-0.25, -0.2) is 13.1 Å². The highest BCUT2D eigenvalue weighted by Gasteiger charge is 2.23. The van der Waals surface area contributed by atoms with Crippen molar-refractivity contribution in [2.45, 2.75) is 24.7 Å². The minimum atomic E-state index is -3.85. The van der Waals surface area contributed by atoms with Gasteiger partial charge in [-0.1, -0.05) is 41.4 Å². The van der Waals surface area contributed by atoms with Crippen molar-refractivity contribution < 1.29 is 13.2 Å². The van der Waals surface area contributed by atoms with Gasteiger partial charge in [-0.05, 0) is 101 Å². The molecule has 42 heavy (non-hydrogen) atoms. The van der Waals surface area contributed by atoms with E-state index in [1.54, 1.807) is 36.4 Å². The molecular formula is C31H39Cl2N5O3S. The Morgan fingerprint density at radius 1 is 0.976 bits per heavy atom. The summed E-state index contributed by atoms with van der Waals surface area (Å²) in [5, 5.41) is 4.01. The van der Waals surface area contributed by atoms with Crippen molar-refractivity contribution >= 4 is 50.5 Å². The van der Waals surface area contributed by atoms with E-state index in [-0.39, 0.29) is 17.3 Å². The molecular weight excluding hydrogens is 593 g/mol. The zero-order valence-corrected chi connectivity index (χ0v) is 26.7. The molecule has 226 valence electrons. The molecule has 1 fully saturated rings. The third-order valence-corrected chi connectivity index (χ3v) is 9.35. The molecule has 0 radical (unpaired) electrons. The monoisotopic (exact) mass is 631 g/mol. The molecule has 0 unspecified atom stereocenters. The Hall–Kier alpha value is -2.66. The number of carbonyl (C=O) groups excluding carboxylic acids is 1. The zero-order chi connectivity index (χ0) is 30.3. The number of hydrogen-bond donors (Lipinski definition) is 2. The van der Waals surface area contributed by atoms with Crippen molar-refractivity contribution in [3.8, 4) is 0 Å². The van der Waals surface area contributed by atoms with E-state index < -0.39 is 10.0 Å². The lowest BCUT2D eigenvalue weighted by molar-refractivity contribution is 0.102. The summed E-state index contributed by atoms with van der Waals surface area (Å²) in [6, 6.07) is 17.3. The van der Waals surface area contributed by atoms with Gasteiger partial charge in [0.2, 0.25) is 10.0 Å². The third kappa shape index (κ3) is 8.92. The fourth-order valence-electron chi connectivity index (χ4n) is 4.96. The largest absolute Gasteiger partial charge is 0.367 e. The quantitative estimate of drug-likeness (QED) is 0.288. The molecule has 3 aromatic carbocycles. The predicted molar refractivity (Wildman–Crippen MR) is 173 cm³/mol. The first-order valence-electron chi connectivity index (χ1n) is 14.1. The van der Waals surface area contributed by atoms with Crippen LogP contribution in [0.3, 0.4) is 0 Å². The van der Waals surface area contributed by atoms with Crippen LogP contribution in [0, 0.1) is 6.92 Å². The summed E-state index contributed by atoms with van der Waals surface area (Å²) in [4.78, 5) is 20.1. The van der Waals surface area contributed by atoms with Crippen molar-refractivity contribution in [1.82, 2.24) is 14.5 Å². The number of rotatable bonds is 12. The summed E-state index contributed by atoms with van der Waals surface area (Å²) in [5.41, 5.74) is 3.52. The van der Waals surface area contributed by atoms with Crippen LogP contribution in [-0.4, -0.2) is 84.0 Å². The highest BCUT2D eigenvalue weighted by atomic mass is 35.5. The van der Waals surface area contributed by atoms with Gasteiger partial charge in [0.15, 0.2) is 0 Å². The number of halogens is 2. The van der Waals surface area contributed by atoms with Crippen molar-refractivity contribution in [2.24, 2.45) is 0 Å². The predicted octanol–water partition coefficient (Wildman–Crippen LogP) is 5.15. The summed E-state index contributed by atoms with van der Waals surface area (Å²) >= 11 is 12.4. The Kier molecular flexibility index (Phi) is 11.3. The van der Waals surface area contributed by atoms with Gasteiger partial charge in [0.1, 0.15) is 0 Å². The summed E-state index contributed by atoms with van der Waals surface area (Å²) in [7, 11) is 0.308. The number of nitrogens with zero attached hydrogens (tertiary/aromatic N) is 3. The molecule has 1 aliphatic heterocycles. The van der Waals surface area contributed by atoms with Gasteiger partial charge in [0.05, 0.1) is 16.3 Å². The van der Waals surface area contributed by atoms with Crippen molar-refractivity contribution in [1.29, 1.82) is 0 Å². The van der Waals surface area contributed by atoms with Crippen LogP contribution in [-0.2, 0) is 16.4 Å². The van der Waals surface area contributed by atoms with Gasteiger partial charge in [-0.2, -0.15) is 0 Å². The van der Waals surface area contributed by atoms with Gasteiger partial charge < -0.3 is 15.1 Å². The number of anilines is 2. The van der Waals surface area contributed by atoms with Crippen LogP contribution in [0.5, 0.6) is 0 Å². The maximum absolute atomic E-state index is 13.3. The Morgan fingerprint density at radius 2 is 1.74 bits per heavy atom. The first-order chi connectivity index (χ1) is 20.0. The van der Waals surface area contributed by atoms with E-state index >= 15 is 0 Å². The second kappa shape index (κ2) is 14.7. The minimum Gasteiger partial charge on any atom is -0.367 e. The van der Waals surface area contributed by atoms with Gasteiger partial charge in [-0.15, -0.1) is 0 Å². The fraction of sp³-hybridized carbons (Fsp3) is 0.387. The number of carbonyl (C=O) groups is 1. The fourth-order valence-corrected chi connectivity index (χ4v) is 6.54. The minimum absolute atomic E-state index is 0.0740. The van der Waals surface area contributed by atoms with Crippen LogP contribution >= 0.6 is 23.2 Å². The van der Waals surface area contributed by atoms with E-state index in [1.807, 2.05) is 25.1 Å². The van der Waals surface area contributed by atoms with E-state index in [0.29, 0.717) is 27.7 Å². The van der Waals surface area contributed by atoms with Crippen molar-refractivity contribution in [3.63, 3.8) is 0 Å². The van der Waals surface area contributed by atoms with Crippen molar-refractivity contribution in [2.75, 3.05) is 70.1 Å². The van der Waals surface area contributed by atoms with Crippen LogP contribution in [0.4, 0.5) is 11.4 Å². The van der Waals surface area contributed by atoms with Crippen LogP contribution in [0.25, 0.3) is 0 Å². The zero-order valence-electron chi connectivity index (χ0n) is 24.4. The van der Waals surface area contributed by atoms with Crippen LogP contribution in [0.15, 0.2) is 65.6 Å². The van der Waals surface area contributed by atoms with E-state index in [4.69, 9.17) is 23.2 Å². The number of aryl methyl sites for hydroxylation is 1. The van der Waals surface area contributed by atoms with Gasteiger partial charge in [-0.3, -0.25) is 9.69 Å². The van der Waals surface area contributed by atoms with Gasteiger partial charge >= 0.3 is 0 Å². The average molecular weight is 633 g/mol. The molecule has 3 aromatic rings. The summed E-state index contributed by atoms with van der Waals surface area (Å²) in [5.74, 6) is -0.363. The number of nitrogens with one attached hydrogen (secondary N) is 2. The standard InChI is InChI=1S/C31H39Cl2N5O3S/c1-23-8-9-24(28(33)20-23)12-13-34-42(40,41)27-10-11-30(38-18-16-37(17-19-38)15-5-14-36(2)3)29(22-27)35-31(39)25-6-4-7-26(32)21-25/h4,6-11,20-22,34H,5,12-19H2,1-3H3,(H,35,39). The molecule has 0 spiro atoms. The lowest BCUT2D eigenvalue weighted by Crippen LogP contribution is -2.47. The Labute approximate surface area is 259 Å². The molecule has 1 aliphatic rings. The molecule has 0 saturated carbocycles. The third-order valence-electron chi connectivity index (χ3n) is 7.30. The smallest absolute Gasteiger partial charge is 0.255 e. The maximum atomic E-state index is 13.3. The molecule has 0 aromatic heterocycles. The number of hydrogen-bond acceptors (Lipinski definition) is 6. The summed E-state index contributed by atoms with van der Waals surface area (Å²) in [6.07, 6.45) is 1.55. The molecule has 2 N–H and O–H groups in total. The average Bonchev–Trinajstić information content (AvgIpc) is 2.94. The van der Waals surface area contributed by atoms with Crippen LogP contribution in [0.2, 0.25) is 10.0 Å². The molecule has 1 saturated heterocycles. The first-order valence-corrected chi connectivity index (χ1v) is 16.3. The number of benzene rings is 3. The lowest BCUT2D eigenvalue weighted by Gasteiger charge is -2.37. The Morgan fingerprint density at radius 3 is 2.43 bits per heavy atom. The number of amides is 1. The SMILES string of the molecule is Cc1ccc(CCNS(=O)(=O)c2ccc(N3CCN(CCCN(C)C)CC3)c(NC(=O)c3cccc(Cl)c3)c2)c(Cl)c1. The summed E-state index contributed by atoms with van der Waals surface area (Å²) < 4.78 is 29.3. The molecule has 0 bridgehead atoms. The molecule has 0 aliphatic carbocycles. The van der Waals surface area contributed by atoms with Gasteiger partial charge in [0.25, 0.3) is 5.91 Å².